The van der Waals surface area contributed by atoms with Gasteiger partial charge in [-0.15, -0.1) is 0 Å². The number of imide groups is 1. The Morgan fingerprint density at radius 3 is 2.48 bits per heavy atom. The van der Waals surface area contributed by atoms with Gasteiger partial charge >= 0.3 is 5.97 Å². The number of esters is 1. The van der Waals surface area contributed by atoms with E-state index >= 15 is 0 Å². The largest absolute Gasteiger partial charge is 0.460 e. The van der Waals surface area contributed by atoms with Gasteiger partial charge in [-0.25, -0.2) is 4.79 Å². The third kappa shape index (κ3) is 5.11. The molecule has 1 aliphatic heterocycles. The Labute approximate surface area is 229 Å². The second kappa shape index (κ2) is 11.2. The van der Waals surface area contributed by atoms with Crippen LogP contribution in [-0.4, -0.2) is 42.9 Å². The molecule has 5 rings (SSSR count). The van der Waals surface area contributed by atoms with Crippen molar-refractivity contribution in [3.63, 3.8) is 0 Å². The molecule has 0 radical (unpaired) electrons. The van der Waals surface area contributed by atoms with Crippen molar-refractivity contribution in [3.8, 4) is 17.2 Å². The van der Waals surface area contributed by atoms with Gasteiger partial charge in [-0.1, -0.05) is 32.0 Å². The summed E-state index contributed by atoms with van der Waals surface area (Å²) in [6.07, 6.45) is 1.74. The quantitative estimate of drug-likeness (QED) is 0.117. The van der Waals surface area contributed by atoms with Crippen molar-refractivity contribution in [1.29, 1.82) is 0 Å². The summed E-state index contributed by atoms with van der Waals surface area (Å²) in [6.45, 7) is 4.71. The van der Waals surface area contributed by atoms with Gasteiger partial charge in [-0.05, 0) is 54.3 Å². The Balaban J connectivity index is 1.34. The Morgan fingerprint density at radius 1 is 0.925 bits per heavy atom. The lowest BCUT2D eigenvalue weighted by molar-refractivity contribution is 0.0638. The van der Waals surface area contributed by atoms with Crippen LogP contribution in [0.2, 0.25) is 0 Å². The molecule has 0 bridgehead atoms. The van der Waals surface area contributed by atoms with Crippen molar-refractivity contribution in [2.24, 2.45) is 0 Å². The first-order chi connectivity index (χ1) is 19.3. The van der Waals surface area contributed by atoms with E-state index in [2.05, 4.69) is 0 Å². The van der Waals surface area contributed by atoms with Crippen LogP contribution in [0.1, 0.15) is 62.8 Å². The van der Waals surface area contributed by atoms with Crippen molar-refractivity contribution in [1.82, 2.24) is 4.90 Å². The van der Waals surface area contributed by atoms with E-state index in [-0.39, 0.29) is 57.1 Å². The predicted molar refractivity (Wildman–Crippen MR) is 146 cm³/mol. The highest BCUT2D eigenvalue weighted by Gasteiger charge is 2.35. The van der Waals surface area contributed by atoms with Gasteiger partial charge in [0.25, 0.3) is 11.8 Å². The first kappa shape index (κ1) is 26.8. The van der Waals surface area contributed by atoms with Crippen LogP contribution in [-0.2, 0) is 4.74 Å². The minimum Gasteiger partial charge on any atom is -0.460 e. The predicted octanol–water partition coefficient (Wildman–Crippen LogP) is 5.56. The summed E-state index contributed by atoms with van der Waals surface area (Å²) in [5, 5.41) is 0.259. The van der Waals surface area contributed by atoms with Gasteiger partial charge in [0, 0.05) is 26.3 Å². The van der Waals surface area contributed by atoms with Crippen molar-refractivity contribution in [3.05, 3.63) is 99.4 Å². The molecule has 1 aromatic heterocycles. The molecule has 2 heterocycles. The Hall–Kier alpha value is -4.76. The van der Waals surface area contributed by atoms with Gasteiger partial charge < -0.3 is 18.6 Å². The lowest BCUT2D eigenvalue weighted by atomic mass is 10.0. The highest BCUT2D eigenvalue weighted by molar-refractivity contribution is 6.22. The van der Waals surface area contributed by atoms with Gasteiger partial charge in [0.2, 0.25) is 11.2 Å². The first-order valence-corrected chi connectivity index (χ1v) is 12.8. The molecule has 9 heteroatoms. The van der Waals surface area contributed by atoms with Crippen molar-refractivity contribution in [2.45, 2.75) is 26.2 Å². The zero-order valence-electron chi connectivity index (χ0n) is 22.3. The van der Waals surface area contributed by atoms with E-state index in [1.807, 2.05) is 32.0 Å². The third-order valence-corrected chi connectivity index (χ3v) is 6.62. The molecule has 0 unspecified atom stereocenters. The SMILES string of the molecule is COCCCN1C(=O)c2ccc(C(=O)Oc3ccc4c(=O)c(Oc5ccccc5C(C)C)coc4c3)cc2C1=O. The maximum Gasteiger partial charge on any atom is 0.343 e. The minimum absolute atomic E-state index is 0.0407. The van der Waals surface area contributed by atoms with Crippen molar-refractivity contribution < 1.29 is 33.0 Å². The monoisotopic (exact) mass is 541 g/mol. The van der Waals surface area contributed by atoms with Gasteiger partial charge in [-0.3, -0.25) is 19.3 Å². The number of methoxy groups -OCH3 is 1. The molecule has 4 aromatic rings. The third-order valence-electron chi connectivity index (χ3n) is 6.62. The summed E-state index contributed by atoms with van der Waals surface area (Å²) in [4.78, 5) is 52.5. The molecule has 0 N–H and O–H groups in total. The van der Waals surface area contributed by atoms with E-state index in [9.17, 15) is 19.2 Å². The van der Waals surface area contributed by atoms with E-state index in [0.717, 1.165) is 10.5 Å². The number of fused-ring (bicyclic) bond motifs is 2. The van der Waals surface area contributed by atoms with Gasteiger partial charge in [0.05, 0.1) is 22.1 Å². The first-order valence-electron chi connectivity index (χ1n) is 12.8. The lowest BCUT2D eigenvalue weighted by Gasteiger charge is -2.13. The Kier molecular flexibility index (Phi) is 7.48. The fourth-order valence-electron chi connectivity index (χ4n) is 4.55. The van der Waals surface area contributed by atoms with Crippen LogP contribution in [0, 0.1) is 0 Å². The summed E-state index contributed by atoms with van der Waals surface area (Å²) in [6, 6.07) is 16.1. The number of nitrogens with zero attached hydrogens (tertiary/aromatic N) is 1. The van der Waals surface area contributed by atoms with Crippen molar-refractivity contribution >= 4 is 28.8 Å². The molecule has 0 saturated carbocycles. The van der Waals surface area contributed by atoms with Gasteiger partial charge in [0.15, 0.2) is 0 Å². The molecule has 0 aliphatic carbocycles. The molecule has 0 spiro atoms. The van der Waals surface area contributed by atoms with E-state index in [0.29, 0.717) is 18.8 Å². The number of carbonyl (C=O) groups is 3. The molecule has 0 saturated heterocycles. The average molecular weight is 542 g/mol. The summed E-state index contributed by atoms with van der Waals surface area (Å²) >= 11 is 0. The van der Waals surface area contributed by atoms with Crippen LogP contribution in [0.4, 0.5) is 0 Å². The Bertz CT molecular complexity index is 1690. The molecule has 9 nitrogen and oxygen atoms in total. The highest BCUT2D eigenvalue weighted by Crippen LogP contribution is 2.31. The average Bonchev–Trinajstić information content (AvgIpc) is 3.19. The van der Waals surface area contributed by atoms with Gasteiger partial charge in [-0.2, -0.15) is 0 Å². The summed E-state index contributed by atoms with van der Waals surface area (Å²) < 4.78 is 22.0. The zero-order chi connectivity index (χ0) is 28.4. The minimum atomic E-state index is -0.729. The van der Waals surface area contributed by atoms with Crippen LogP contribution in [0.5, 0.6) is 17.2 Å². The van der Waals surface area contributed by atoms with Crippen LogP contribution in [0.25, 0.3) is 11.0 Å². The standard InChI is InChI=1S/C31H27NO8/c1-18(2)21-7-4-5-8-25(21)40-27-17-38-26-16-20(10-12-23(26)28(27)33)39-31(36)19-9-11-22-24(15-19)30(35)32(29(22)34)13-6-14-37-3/h4-5,7-12,15-18H,6,13-14H2,1-3H3. The molecule has 2 amide bonds. The molecule has 0 fully saturated rings. The number of carbonyl (C=O) groups excluding carboxylic acids is 3. The van der Waals surface area contributed by atoms with Crippen LogP contribution >= 0.6 is 0 Å². The highest BCUT2D eigenvalue weighted by atomic mass is 16.5. The van der Waals surface area contributed by atoms with Crippen LogP contribution in [0.15, 0.2) is 76.1 Å². The Morgan fingerprint density at radius 2 is 1.70 bits per heavy atom. The summed E-state index contributed by atoms with van der Waals surface area (Å²) in [7, 11) is 1.54. The zero-order valence-corrected chi connectivity index (χ0v) is 22.3. The fraction of sp³-hybridized carbons (Fsp3) is 0.226. The summed E-state index contributed by atoms with van der Waals surface area (Å²) in [5.74, 6) is -0.647. The molecule has 0 atom stereocenters. The second-order valence-electron chi connectivity index (χ2n) is 9.64. The van der Waals surface area contributed by atoms with E-state index in [4.69, 9.17) is 18.6 Å². The molecule has 1 aliphatic rings. The maximum atomic E-state index is 13.1. The van der Waals surface area contributed by atoms with Gasteiger partial charge in [0.1, 0.15) is 23.3 Å². The molecular weight excluding hydrogens is 514 g/mol. The van der Waals surface area contributed by atoms with E-state index in [1.54, 1.807) is 13.2 Å². The van der Waals surface area contributed by atoms with E-state index < -0.39 is 17.8 Å². The fourth-order valence-corrected chi connectivity index (χ4v) is 4.55. The topological polar surface area (TPSA) is 112 Å². The molecule has 40 heavy (non-hydrogen) atoms. The maximum absolute atomic E-state index is 13.1. The normalized spacial score (nSPS) is 12.8. The van der Waals surface area contributed by atoms with Crippen LogP contribution < -0.4 is 14.9 Å². The number of hydrogen-bond acceptors (Lipinski definition) is 8. The number of ether oxygens (including phenoxy) is 3. The molecular formula is C31H27NO8. The van der Waals surface area contributed by atoms with E-state index in [1.165, 1.54) is 42.7 Å². The van der Waals surface area contributed by atoms with Crippen LogP contribution in [0.3, 0.4) is 0 Å². The number of rotatable bonds is 9. The number of hydrogen-bond donors (Lipinski definition) is 0. The molecule has 204 valence electrons. The second-order valence-corrected chi connectivity index (χ2v) is 9.64. The number of amides is 2. The smallest absolute Gasteiger partial charge is 0.343 e. The lowest BCUT2D eigenvalue weighted by Crippen LogP contribution is -2.31. The number of benzene rings is 3. The summed E-state index contributed by atoms with van der Waals surface area (Å²) in [5.41, 5.74) is 1.29. The molecule has 3 aromatic carbocycles. The number of para-hydroxylation sites is 1. The van der Waals surface area contributed by atoms with Crippen molar-refractivity contribution in [2.75, 3.05) is 20.3 Å².